The Kier molecular flexibility index (Phi) is 3.69. The number of aromatic nitrogens is 1. The number of hydrogen-bond donors (Lipinski definition) is 0. The van der Waals surface area contributed by atoms with Crippen LogP contribution in [0.4, 0.5) is 0 Å². The second-order valence-corrected chi connectivity index (χ2v) is 4.38. The van der Waals surface area contributed by atoms with Gasteiger partial charge in [0.05, 0.1) is 23.6 Å². The second kappa shape index (κ2) is 5.26. The van der Waals surface area contributed by atoms with Crippen molar-refractivity contribution in [2.75, 3.05) is 6.61 Å². The Balaban J connectivity index is 2.39. The Morgan fingerprint density at radius 1 is 1.32 bits per heavy atom. The lowest BCUT2D eigenvalue weighted by molar-refractivity contribution is 0.0525. The maximum atomic E-state index is 11.7. The lowest BCUT2D eigenvalue weighted by Crippen LogP contribution is -2.08. The van der Waals surface area contributed by atoms with E-state index in [1.165, 1.54) is 0 Å². The van der Waals surface area contributed by atoms with Gasteiger partial charge < -0.3 is 9.15 Å². The summed E-state index contributed by atoms with van der Waals surface area (Å²) in [6.07, 6.45) is 0. The number of aryl methyl sites for hydroxylation is 3. The zero-order chi connectivity index (χ0) is 14.0. The minimum absolute atomic E-state index is 0.334. The normalized spacial score (nSPS) is 10.5. The van der Waals surface area contributed by atoms with Gasteiger partial charge in [-0.3, -0.25) is 4.98 Å². The van der Waals surface area contributed by atoms with Crippen molar-refractivity contribution in [1.82, 2.24) is 4.98 Å². The number of rotatable bonds is 3. The molecule has 0 aromatic carbocycles. The monoisotopic (exact) mass is 259 g/mol. The van der Waals surface area contributed by atoms with E-state index in [0.29, 0.717) is 17.9 Å². The van der Waals surface area contributed by atoms with Crippen molar-refractivity contribution in [1.29, 1.82) is 0 Å². The van der Waals surface area contributed by atoms with E-state index in [1.54, 1.807) is 19.9 Å². The van der Waals surface area contributed by atoms with E-state index < -0.39 is 0 Å². The summed E-state index contributed by atoms with van der Waals surface area (Å²) >= 11 is 0. The van der Waals surface area contributed by atoms with Crippen LogP contribution < -0.4 is 0 Å². The van der Waals surface area contributed by atoms with Crippen molar-refractivity contribution in [2.45, 2.75) is 27.7 Å². The Morgan fingerprint density at radius 3 is 2.58 bits per heavy atom. The number of nitrogens with zero attached hydrogens (tertiary/aromatic N) is 1. The topological polar surface area (TPSA) is 52.3 Å². The van der Waals surface area contributed by atoms with Crippen molar-refractivity contribution in [3.05, 3.63) is 41.0 Å². The van der Waals surface area contributed by atoms with Gasteiger partial charge in [-0.1, -0.05) is 0 Å². The first-order valence-corrected chi connectivity index (χ1v) is 6.25. The molecule has 0 radical (unpaired) electrons. The van der Waals surface area contributed by atoms with E-state index in [0.717, 1.165) is 22.8 Å². The average Bonchev–Trinajstić information content (AvgIpc) is 2.68. The van der Waals surface area contributed by atoms with E-state index in [2.05, 4.69) is 4.98 Å². The van der Waals surface area contributed by atoms with E-state index in [9.17, 15) is 4.79 Å². The molecule has 0 saturated carbocycles. The van der Waals surface area contributed by atoms with Gasteiger partial charge in [-0.2, -0.15) is 0 Å². The number of carbonyl (C=O) groups is 1. The molecule has 4 nitrogen and oxygen atoms in total. The van der Waals surface area contributed by atoms with Crippen molar-refractivity contribution >= 4 is 5.97 Å². The average molecular weight is 259 g/mol. The van der Waals surface area contributed by atoms with Crippen LogP contribution in [0.3, 0.4) is 0 Å². The van der Waals surface area contributed by atoms with E-state index in [4.69, 9.17) is 9.15 Å². The summed E-state index contributed by atoms with van der Waals surface area (Å²) < 4.78 is 10.5. The third-order valence-electron chi connectivity index (χ3n) is 2.90. The molecule has 0 amide bonds. The maximum absolute atomic E-state index is 11.7. The van der Waals surface area contributed by atoms with Crippen molar-refractivity contribution in [3.8, 4) is 11.3 Å². The van der Waals surface area contributed by atoms with E-state index >= 15 is 0 Å². The van der Waals surface area contributed by atoms with Gasteiger partial charge in [0.25, 0.3) is 0 Å². The molecule has 0 unspecified atom stereocenters. The van der Waals surface area contributed by atoms with Gasteiger partial charge in [0.2, 0.25) is 0 Å². The Hall–Kier alpha value is -2.10. The third-order valence-corrected chi connectivity index (χ3v) is 2.90. The molecule has 2 aromatic rings. The Labute approximate surface area is 112 Å². The van der Waals surface area contributed by atoms with Crippen LogP contribution in [0.2, 0.25) is 0 Å². The predicted molar refractivity (Wildman–Crippen MR) is 72.1 cm³/mol. The van der Waals surface area contributed by atoms with Crippen LogP contribution in [-0.4, -0.2) is 17.6 Å². The fourth-order valence-corrected chi connectivity index (χ4v) is 2.02. The van der Waals surface area contributed by atoms with Gasteiger partial charge in [0, 0.05) is 5.56 Å². The Morgan fingerprint density at radius 2 is 2.05 bits per heavy atom. The lowest BCUT2D eigenvalue weighted by atomic mass is 10.1. The fraction of sp³-hybridized carbons (Fsp3) is 0.333. The first-order chi connectivity index (χ1) is 9.02. The fourth-order valence-electron chi connectivity index (χ4n) is 2.02. The standard InChI is InChI=1S/C15H17NO3/c1-5-18-15(17)12-6-7-14(16-10(12)3)13-8-9(2)19-11(13)4/h6-8H,5H2,1-4H3. The molecule has 0 aliphatic carbocycles. The molecular formula is C15H17NO3. The molecule has 0 fully saturated rings. The number of ether oxygens (including phenoxy) is 1. The molecule has 2 heterocycles. The van der Waals surface area contributed by atoms with E-state index in [1.807, 2.05) is 26.0 Å². The summed E-state index contributed by atoms with van der Waals surface area (Å²) in [4.78, 5) is 16.2. The summed E-state index contributed by atoms with van der Waals surface area (Å²) in [5.74, 6) is 1.34. The van der Waals surface area contributed by atoms with Crippen molar-refractivity contribution in [3.63, 3.8) is 0 Å². The number of hydrogen-bond acceptors (Lipinski definition) is 4. The molecule has 0 bridgehead atoms. The highest BCUT2D eigenvalue weighted by Gasteiger charge is 2.14. The Bertz CT molecular complexity index is 614. The van der Waals surface area contributed by atoms with Crippen LogP contribution in [-0.2, 0) is 4.74 Å². The molecule has 19 heavy (non-hydrogen) atoms. The molecule has 100 valence electrons. The summed E-state index contributed by atoms with van der Waals surface area (Å²) in [7, 11) is 0. The van der Waals surface area contributed by atoms with Gasteiger partial charge in [-0.05, 0) is 45.9 Å². The number of carbonyl (C=O) groups excluding carboxylic acids is 1. The molecule has 2 aromatic heterocycles. The second-order valence-electron chi connectivity index (χ2n) is 4.38. The zero-order valence-corrected chi connectivity index (χ0v) is 11.6. The molecule has 0 atom stereocenters. The highest BCUT2D eigenvalue weighted by molar-refractivity contribution is 5.91. The number of esters is 1. The zero-order valence-electron chi connectivity index (χ0n) is 11.6. The smallest absolute Gasteiger partial charge is 0.339 e. The molecule has 0 spiro atoms. The first-order valence-electron chi connectivity index (χ1n) is 6.25. The quantitative estimate of drug-likeness (QED) is 0.792. The molecule has 2 rings (SSSR count). The molecule has 0 aliphatic rings. The molecule has 0 aliphatic heterocycles. The molecule has 4 heteroatoms. The lowest BCUT2D eigenvalue weighted by Gasteiger charge is -2.06. The molecule has 0 N–H and O–H groups in total. The predicted octanol–water partition coefficient (Wildman–Crippen LogP) is 3.44. The minimum atomic E-state index is -0.334. The van der Waals surface area contributed by atoms with Gasteiger partial charge >= 0.3 is 5.97 Å². The largest absolute Gasteiger partial charge is 0.466 e. The summed E-state index contributed by atoms with van der Waals surface area (Å²) in [5, 5.41) is 0. The maximum Gasteiger partial charge on any atom is 0.339 e. The van der Waals surface area contributed by atoms with Crippen LogP contribution in [0.25, 0.3) is 11.3 Å². The SMILES string of the molecule is CCOC(=O)c1ccc(-c2cc(C)oc2C)nc1C. The number of pyridine rings is 1. The first kappa shape index (κ1) is 13.3. The van der Waals surface area contributed by atoms with Crippen LogP contribution >= 0.6 is 0 Å². The highest BCUT2D eigenvalue weighted by Crippen LogP contribution is 2.25. The molecular weight excluding hydrogens is 242 g/mol. The van der Waals surface area contributed by atoms with Crippen LogP contribution in [0.1, 0.15) is 34.5 Å². The van der Waals surface area contributed by atoms with E-state index in [-0.39, 0.29) is 5.97 Å². The molecule has 0 saturated heterocycles. The van der Waals surface area contributed by atoms with Crippen LogP contribution in [0.5, 0.6) is 0 Å². The van der Waals surface area contributed by atoms with Crippen LogP contribution in [0.15, 0.2) is 22.6 Å². The van der Waals surface area contributed by atoms with Gasteiger partial charge in [0.15, 0.2) is 0 Å². The van der Waals surface area contributed by atoms with Gasteiger partial charge in [-0.15, -0.1) is 0 Å². The van der Waals surface area contributed by atoms with Crippen molar-refractivity contribution < 1.29 is 13.9 Å². The summed E-state index contributed by atoms with van der Waals surface area (Å²) in [6, 6.07) is 5.51. The third kappa shape index (κ3) is 2.67. The minimum Gasteiger partial charge on any atom is -0.466 e. The highest BCUT2D eigenvalue weighted by atomic mass is 16.5. The number of furan rings is 1. The summed E-state index contributed by atoms with van der Waals surface area (Å²) in [5.41, 5.74) is 2.92. The summed E-state index contributed by atoms with van der Waals surface area (Å²) in [6.45, 7) is 7.75. The van der Waals surface area contributed by atoms with Gasteiger partial charge in [0.1, 0.15) is 11.5 Å². The van der Waals surface area contributed by atoms with Crippen molar-refractivity contribution in [2.24, 2.45) is 0 Å². The van der Waals surface area contributed by atoms with Crippen LogP contribution in [0, 0.1) is 20.8 Å². The van der Waals surface area contributed by atoms with Gasteiger partial charge in [-0.25, -0.2) is 4.79 Å².